The molecule has 1 saturated carbocycles. The smallest absolute Gasteiger partial charge is 0.359 e. The Morgan fingerprint density at radius 3 is 2.77 bits per heavy atom. The second kappa shape index (κ2) is 6.80. The summed E-state index contributed by atoms with van der Waals surface area (Å²) >= 11 is 0. The van der Waals surface area contributed by atoms with Crippen LogP contribution in [0.3, 0.4) is 0 Å². The molecule has 0 N–H and O–H groups in total. The minimum atomic E-state index is -0.536. The first-order valence-electron chi connectivity index (χ1n) is 9.88. The summed E-state index contributed by atoms with van der Waals surface area (Å²) in [5.74, 6) is 0.665. The van der Waals surface area contributed by atoms with Crippen LogP contribution < -0.4 is 4.90 Å². The van der Waals surface area contributed by atoms with Crippen molar-refractivity contribution in [2.75, 3.05) is 24.6 Å². The number of nitrogens with zero attached hydrogens (tertiary/aromatic N) is 3. The van der Waals surface area contributed by atoms with Crippen LogP contribution in [-0.2, 0) is 9.47 Å². The minimum Gasteiger partial charge on any atom is -0.455 e. The number of rotatable bonds is 3. The molecule has 0 bridgehead atoms. The maximum atomic E-state index is 12.5. The number of hydrogen-bond donors (Lipinski definition) is 0. The van der Waals surface area contributed by atoms with E-state index in [1.165, 1.54) is 6.42 Å². The van der Waals surface area contributed by atoms with E-state index in [2.05, 4.69) is 15.1 Å². The molecule has 1 aliphatic carbocycles. The van der Waals surface area contributed by atoms with Gasteiger partial charge in [-0.15, -0.1) is 5.10 Å². The van der Waals surface area contributed by atoms with Crippen LogP contribution in [0.25, 0.3) is 0 Å². The van der Waals surface area contributed by atoms with Gasteiger partial charge in [0.2, 0.25) is 0 Å². The van der Waals surface area contributed by atoms with Crippen molar-refractivity contribution in [2.24, 2.45) is 5.92 Å². The van der Waals surface area contributed by atoms with E-state index in [9.17, 15) is 4.79 Å². The molecule has 1 aromatic heterocycles. The van der Waals surface area contributed by atoms with Gasteiger partial charge in [0, 0.05) is 31.5 Å². The second-order valence-corrected chi connectivity index (χ2v) is 8.82. The van der Waals surface area contributed by atoms with Gasteiger partial charge >= 0.3 is 5.97 Å². The van der Waals surface area contributed by atoms with Crippen molar-refractivity contribution in [3.8, 4) is 0 Å². The van der Waals surface area contributed by atoms with Crippen LogP contribution in [0, 0.1) is 5.92 Å². The van der Waals surface area contributed by atoms with E-state index in [1.807, 2.05) is 26.8 Å². The third-order valence-corrected chi connectivity index (χ3v) is 5.43. The highest BCUT2D eigenvalue weighted by Gasteiger charge is 2.36. The molecular weight excluding hydrogens is 330 g/mol. The molecule has 26 heavy (non-hydrogen) atoms. The molecule has 2 aliphatic heterocycles. The van der Waals surface area contributed by atoms with E-state index in [-0.39, 0.29) is 0 Å². The number of fused-ring (bicyclic) bond motifs is 1. The number of carbonyl (C=O) groups excluding carboxylic acids is 1. The number of ether oxygens (including phenoxy) is 2. The number of esters is 1. The average molecular weight is 359 g/mol. The molecule has 6 nitrogen and oxygen atoms in total. The van der Waals surface area contributed by atoms with Gasteiger partial charge in [-0.05, 0) is 58.9 Å². The highest BCUT2D eigenvalue weighted by molar-refractivity contribution is 5.88. The Kier molecular flexibility index (Phi) is 4.63. The van der Waals surface area contributed by atoms with E-state index >= 15 is 0 Å². The zero-order valence-corrected chi connectivity index (χ0v) is 16.0. The third-order valence-electron chi connectivity index (χ3n) is 5.43. The lowest BCUT2D eigenvalue weighted by Gasteiger charge is -2.42. The molecule has 0 aromatic carbocycles. The summed E-state index contributed by atoms with van der Waals surface area (Å²) in [5, 5.41) is 8.63. The summed E-state index contributed by atoms with van der Waals surface area (Å²) in [4.78, 5) is 14.9. The van der Waals surface area contributed by atoms with Gasteiger partial charge in [0.1, 0.15) is 5.60 Å². The predicted molar refractivity (Wildman–Crippen MR) is 98.5 cm³/mol. The molecule has 2 atom stereocenters. The average Bonchev–Trinajstić information content (AvgIpc) is 3.44. The lowest BCUT2D eigenvalue weighted by molar-refractivity contribution is -0.0357. The molecule has 2 unspecified atom stereocenters. The Morgan fingerprint density at radius 2 is 2.04 bits per heavy atom. The molecular formula is C20H29N3O3. The molecule has 3 fully saturated rings. The van der Waals surface area contributed by atoms with Crippen LogP contribution in [-0.4, -0.2) is 47.6 Å². The van der Waals surface area contributed by atoms with Gasteiger partial charge in [0.15, 0.2) is 5.69 Å². The molecule has 3 heterocycles. The van der Waals surface area contributed by atoms with Crippen LogP contribution in [0.2, 0.25) is 0 Å². The number of piperidine rings is 1. The summed E-state index contributed by atoms with van der Waals surface area (Å²) < 4.78 is 11.4. The summed E-state index contributed by atoms with van der Waals surface area (Å²) in [6, 6.07) is 1.90. The molecule has 6 heteroatoms. The summed E-state index contributed by atoms with van der Waals surface area (Å²) in [6.07, 6.45) is 6.12. The standard InChI is InChI=1S/C20H29N3O3/c1-20(2,3)26-19(24)15-11-16(18(22-21-15)13-6-7-13)23-9-8-17-14(12-23)5-4-10-25-17/h11,13-14,17H,4-10,12H2,1-3H3. The summed E-state index contributed by atoms with van der Waals surface area (Å²) in [7, 11) is 0. The fourth-order valence-electron chi connectivity index (χ4n) is 4.03. The van der Waals surface area contributed by atoms with E-state index in [0.717, 1.165) is 56.8 Å². The number of carbonyl (C=O) groups is 1. The van der Waals surface area contributed by atoms with Crippen molar-refractivity contribution in [1.82, 2.24) is 10.2 Å². The van der Waals surface area contributed by atoms with E-state index in [1.54, 1.807) is 0 Å². The number of hydrogen-bond acceptors (Lipinski definition) is 6. The normalized spacial score (nSPS) is 26.3. The van der Waals surface area contributed by atoms with Crippen LogP contribution >= 0.6 is 0 Å². The first kappa shape index (κ1) is 17.7. The van der Waals surface area contributed by atoms with Crippen molar-refractivity contribution >= 4 is 11.7 Å². The van der Waals surface area contributed by atoms with E-state index < -0.39 is 11.6 Å². The molecule has 0 amide bonds. The fourth-order valence-corrected chi connectivity index (χ4v) is 4.03. The number of aromatic nitrogens is 2. The zero-order chi connectivity index (χ0) is 18.3. The van der Waals surface area contributed by atoms with Crippen LogP contribution in [0.1, 0.15) is 75.0 Å². The molecule has 3 aliphatic rings. The number of anilines is 1. The third kappa shape index (κ3) is 3.85. The Morgan fingerprint density at radius 1 is 1.23 bits per heavy atom. The van der Waals surface area contributed by atoms with Crippen LogP contribution in [0.15, 0.2) is 6.07 Å². The first-order chi connectivity index (χ1) is 12.4. The van der Waals surface area contributed by atoms with Crippen molar-refractivity contribution in [2.45, 2.75) is 70.5 Å². The molecule has 1 aromatic rings. The van der Waals surface area contributed by atoms with Crippen molar-refractivity contribution in [3.05, 3.63) is 17.5 Å². The predicted octanol–water partition coefficient (Wildman–Crippen LogP) is 3.31. The summed E-state index contributed by atoms with van der Waals surface area (Å²) in [6.45, 7) is 8.42. The van der Waals surface area contributed by atoms with E-state index in [0.29, 0.717) is 23.6 Å². The van der Waals surface area contributed by atoms with Gasteiger partial charge in [-0.1, -0.05) is 0 Å². The van der Waals surface area contributed by atoms with Gasteiger partial charge in [0.25, 0.3) is 0 Å². The van der Waals surface area contributed by atoms with Gasteiger partial charge in [-0.2, -0.15) is 5.10 Å². The highest BCUT2D eigenvalue weighted by Crippen LogP contribution is 2.44. The molecule has 142 valence electrons. The van der Waals surface area contributed by atoms with Crippen LogP contribution in [0.4, 0.5) is 5.69 Å². The first-order valence-corrected chi connectivity index (χ1v) is 9.88. The molecule has 0 spiro atoms. The van der Waals surface area contributed by atoms with Crippen molar-refractivity contribution < 1.29 is 14.3 Å². The second-order valence-electron chi connectivity index (χ2n) is 8.82. The van der Waals surface area contributed by atoms with Gasteiger partial charge in [-0.25, -0.2) is 4.79 Å². The van der Waals surface area contributed by atoms with Crippen molar-refractivity contribution in [3.63, 3.8) is 0 Å². The van der Waals surface area contributed by atoms with Crippen LogP contribution in [0.5, 0.6) is 0 Å². The molecule has 4 rings (SSSR count). The zero-order valence-electron chi connectivity index (χ0n) is 16.0. The molecule has 0 radical (unpaired) electrons. The monoisotopic (exact) mass is 359 g/mol. The fraction of sp³-hybridized carbons (Fsp3) is 0.750. The van der Waals surface area contributed by atoms with Crippen molar-refractivity contribution in [1.29, 1.82) is 0 Å². The lowest BCUT2D eigenvalue weighted by Crippen LogP contribution is -2.46. The maximum Gasteiger partial charge on any atom is 0.359 e. The van der Waals surface area contributed by atoms with Gasteiger partial charge in [0.05, 0.1) is 17.5 Å². The quantitative estimate of drug-likeness (QED) is 0.772. The Bertz CT molecular complexity index is 681. The topological polar surface area (TPSA) is 64.5 Å². The lowest BCUT2D eigenvalue weighted by atomic mass is 9.88. The Labute approximate surface area is 155 Å². The van der Waals surface area contributed by atoms with Gasteiger partial charge < -0.3 is 14.4 Å². The van der Waals surface area contributed by atoms with Gasteiger partial charge in [-0.3, -0.25) is 0 Å². The SMILES string of the molecule is CC(C)(C)OC(=O)c1cc(N2CCC3OCCCC3C2)c(C2CC2)nn1. The highest BCUT2D eigenvalue weighted by atomic mass is 16.6. The Balaban J connectivity index is 1.59. The summed E-state index contributed by atoms with van der Waals surface area (Å²) in [5.41, 5.74) is 1.90. The minimum absolute atomic E-state index is 0.307. The maximum absolute atomic E-state index is 12.5. The Hall–Kier alpha value is -1.69. The molecule has 2 saturated heterocycles. The van der Waals surface area contributed by atoms with E-state index in [4.69, 9.17) is 9.47 Å². The largest absolute Gasteiger partial charge is 0.455 e.